The molecule has 0 bridgehead atoms. The van der Waals surface area contributed by atoms with E-state index in [1.165, 1.54) is 17.7 Å². The lowest BCUT2D eigenvalue weighted by Crippen LogP contribution is -2.11. The number of nitrogens with zero attached hydrogens (tertiary/aromatic N) is 1. The molecule has 1 heterocycles. The molecular formula is C12H13FN2S. The van der Waals surface area contributed by atoms with Crippen molar-refractivity contribution in [1.29, 1.82) is 0 Å². The Morgan fingerprint density at radius 1 is 1.31 bits per heavy atom. The van der Waals surface area contributed by atoms with Gasteiger partial charge in [-0.15, -0.1) is 11.3 Å². The molecule has 0 amide bonds. The number of hydrogen-bond donors (Lipinski definition) is 1. The number of nitrogen functional groups attached to an aromatic ring is 1. The van der Waals surface area contributed by atoms with Crippen LogP contribution in [0, 0.1) is 12.7 Å². The number of aryl methyl sites for hydroxylation is 1. The van der Waals surface area contributed by atoms with E-state index < -0.39 is 0 Å². The van der Waals surface area contributed by atoms with E-state index in [4.69, 9.17) is 5.73 Å². The number of thiophene rings is 1. The van der Waals surface area contributed by atoms with Crippen LogP contribution >= 0.6 is 11.3 Å². The quantitative estimate of drug-likeness (QED) is 0.808. The fourth-order valence-electron chi connectivity index (χ4n) is 1.65. The van der Waals surface area contributed by atoms with Gasteiger partial charge in [0.25, 0.3) is 0 Å². The lowest BCUT2D eigenvalue weighted by Gasteiger charge is -2.20. The van der Waals surface area contributed by atoms with Gasteiger partial charge in [0, 0.05) is 7.05 Å². The molecule has 2 aromatic rings. The van der Waals surface area contributed by atoms with Gasteiger partial charge in [-0.3, -0.25) is 0 Å². The zero-order valence-corrected chi connectivity index (χ0v) is 10.0. The zero-order valence-electron chi connectivity index (χ0n) is 9.20. The molecule has 4 heteroatoms. The van der Waals surface area contributed by atoms with Gasteiger partial charge < -0.3 is 10.6 Å². The van der Waals surface area contributed by atoms with Gasteiger partial charge in [-0.1, -0.05) is 0 Å². The fourth-order valence-corrected chi connectivity index (χ4v) is 2.56. The van der Waals surface area contributed by atoms with Gasteiger partial charge >= 0.3 is 0 Å². The summed E-state index contributed by atoms with van der Waals surface area (Å²) < 4.78 is 12.9. The van der Waals surface area contributed by atoms with E-state index in [2.05, 4.69) is 6.07 Å². The Morgan fingerprint density at radius 3 is 2.62 bits per heavy atom. The summed E-state index contributed by atoms with van der Waals surface area (Å²) in [5.74, 6) is -0.308. The summed E-state index contributed by atoms with van der Waals surface area (Å²) in [6.07, 6.45) is 0. The van der Waals surface area contributed by atoms with E-state index in [9.17, 15) is 4.39 Å². The van der Waals surface area contributed by atoms with E-state index in [0.29, 0.717) is 5.69 Å². The van der Waals surface area contributed by atoms with Crippen molar-refractivity contribution in [2.45, 2.75) is 6.92 Å². The highest BCUT2D eigenvalue weighted by Crippen LogP contribution is 2.34. The van der Waals surface area contributed by atoms with E-state index in [1.54, 1.807) is 17.4 Å². The Hall–Kier alpha value is -1.55. The topological polar surface area (TPSA) is 29.3 Å². The average molecular weight is 236 g/mol. The summed E-state index contributed by atoms with van der Waals surface area (Å²) >= 11 is 1.64. The maximum absolute atomic E-state index is 12.9. The molecular weight excluding hydrogens is 223 g/mol. The third-order valence-corrected chi connectivity index (χ3v) is 3.58. The van der Waals surface area contributed by atoms with Crippen molar-refractivity contribution in [3.05, 3.63) is 41.0 Å². The largest absolute Gasteiger partial charge is 0.397 e. The second-order valence-corrected chi connectivity index (χ2v) is 4.57. The highest BCUT2D eigenvalue weighted by atomic mass is 32.1. The number of anilines is 3. The van der Waals surface area contributed by atoms with Crippen LogP contribution in [0.25, 0.3) is 0 Å². The molecule has 0 aliphatic heterocycles. The van der Waals surface area contributed by atoms with Gasteiger partial charge in [-0.25, -0.2) is 4.39 Å². The molecule has 16 heavy (non-hydrogen) atoms. The minimum Gasteiger partial charge on any atom is -0.397 e. The number of benzene rings is 1. The molecule has 2 nitrogen and oxygen atoms in total. The monoisotopic (exact) mass is 236 g/mol. The van der Waals surface area contributed by atoms with Crippen molar-refractivity contribution >= 4 is 27.7 Å². The minimum absolute atomic E-state index is 0.308. The van der Waals surface area contributed by atoms with Gasteiger partial charge in [-0.2, -0.15) is 0 Å². The minimum atomic E-state index is -0.308. The van der Waals surface area contributed by atoms with Crippen LogP contribution in [-0.2, 0) is 0 Å². The molecule has 84 valence electrons. The number of nitrogens with two attached hydrogens (primary N) is 1. The van der Waals surface area contributed by atoms with Crippen LogP contribution in [0.15, 0.2) is 29.6 Å². The molecule has 0 radical (unpaired) electrons. The van der Waals surface area contributed by atoms with Crippen LogP contribution in [-0.4, -0.2) is 7.05 Å². The molecule has 0 atom stereocenters. The second-order valence-electron chi connectivity index (χ2n) is 3.67. The van der Waals surface area contributed by atoms with Crippen molar-refractivity contribution in [2.24, 2.45) is 0 Å². The Labute approximate surface area is 98.1 Å². The maximum Gasteiger partial charge on any atom is 0.125 e. The first-order valence-electron chi connectivity index (χ1n) is 4.92. The van der Waals surface area contributed by atoms with Gasteiger partial charge in [0.2, 0.25) is 0 Å². The van der Waals surface area contributed by atoms with Gasteiger partial charge in [-0.05, 0) is 42.1 Å². The molecule has 0 fully saturated rings. The van der Waals surface area contributed by atoms with E-state index in [1.807, 2.05) is 24.3 Å². The zero-order chi connectivity index (χ0) is 11.7. The molecule has 0 saturated carbocycles. The van der Waals surface area contributed by atoms with E-state index in [0.717, 1.165) is 10.7 Å². The smallest absolute Gasteiger partial charge is 0.125 e. The summed E-state index contributed by atoms with van der Waals surface area (Å²) in [6.45, 7) is 2.04. The van der Waals surface area contributed by atoms with Gasteiger partial charge in [0.1, 0.15) is 5.82 Å². The van der Waals surface area contributed by atoms with Gasteiger partial charge in [0.05, 0.1) is 16.4 Å². The predicted octanol–water partition coefficient (Wildman–Crippen LogP) is 3.55. The van der Waals surface area contributed by atoms with E-state index in [-0.39, 0.29) is 5.82 Å². The number of rotatable bonds is 2. The standard InChI is InChI=1S/C12H13FN2S/c1-8-5-6-16-12(8)15(2)11-4-3-9(13)7-10(11)14/h3-7H,14H2,1-2H3. The lowest BCUT2D eigenvalue weighted by atomic mass is 10.2. The molecule has 0 unspecified atom stereocenters. The fraction of sp³-hybridized carbons (Fsp3) is 0.167. The van der Waals surface area contributed by atoms with Crippen LogP contribution in [0.4, 0.5) is 20.8 Å². The van der Waals surface area contributed by atoms with Crippen LogP contribution in [0.3, 0.4) is 0 Å². The molecule has 2 rings (SSSR count). The summed E-state index contributed by atoms with van der Waals surface area (Å²) in [7, 11) is 1.93. The van der Waals surface area contributed by atoms with Crippen LogP contribution in [0.2, 0.25) is 0 Å². The molecule has 1 aromatic heterocycles. The molecule has 0 aliphatic carbocycles. The first-order chi connectivity index (χ1) is 7.59. The van der Waals surface area contributed by atoms with Crippen molar-refractivity contribution in [2.75, 3.05) is 17.7 Å². The predicted molar refractivity (Wildman–Crippen MR) is 67.9 cm³/mol. The first-order valence-corrected chi connectivity index (χ1v) is 5.80. The molecule has 0 spiro atoms. The normalized spacial score (nSPS) is 10.4. The lowest BCUT2D eigenvalue weighted by molar-refractivity contribution is 0.628. The molecule has 1 aromatic carbocycles. The third-order valence-electron chi connectivity index (χ3n) is 2.49. The maximum atomic E-state index is 12.9. The van der Waals surface area contributed by atoms with Gasteiger partial charge in [0.15, 0.2) is 0 Å². The Bertz CT molecular complexity index is 507. The summed E-state index contributed by atoms with van der Waals surface area (Å²) in [5.41, 5.74) is 8.27. The summed E-state index contributed by atoms with van der Waals surface area (Å²) in [5, 5.41) is 3.15. The van der Waals surface area contributed by atoms with Crippen molar-refractivity contribution in [3.8, 4) is 0 Å². The van der Waals surface area contributed by atoms with E-state index >= 15 is 0 Å². The summed E-state index contributed by atoms with van der Waals surface area (Å²) in [4.78, 5) is 1.98. The second kappa shape index (κ2) is 4.14. The molecule has 2 N–H and O–H groups in total. The Balaban J connectivity index is 2.41. The summed E-state index contributed by atoms with van der Waals surface area (Å²) in [6, 6.07) is 6.51. The Morgan fingerprint density at radius 2 is 2.06 bits per heavy atom. The van der Waals surface area contributed by atoms with Crippen molar-refractivity contribution in [3.63, 3.8) is 0 Å². The SMILES string of the molecule is Cc1ccsc1N(C)c1ccc(F)cc1N. The first kappa shape index (κ1) is 11.0. The molecule has 0 saturated heterocycles. The van der Waals surface area contributed by atoms with Crippen LogP contribution < -0.4 is 10.6 Å². The molecule has 0 aliphatic rings. The number of halogens is 1. The average Bonchev–Trinajstić information content (AvgIpc) is 2.63. The van der Waals surface area contributed by atoms with Crippen LogP contribution in [0.1, 0.15) is 5.56 Å². The highest BCUT2D eigenvalue weighted by molar-refractivity contribution is 7.14. The van der Waals surface area contributed by atoms with Crippen molar-refractivity contribution in [1.82, 2.24) is 0 Å². The number of hydrogen-bond acceptors (Lipinski definition) is 3. The van der Waals surface area contributed by atoms with Crippen molar-refractivity contribution < 1.29 is 4.39 Å². The highest BCUT2D eigenvalue weighted by Gasteiger charge is 2.11. The van der Waals surface area contributed by atoms with Crippen LogP contribution in [0.5, 0.6) is 0 Å². The third kappa shape index (κ3) is 1.88. The Kier molecular flexibility index (Phi) is 2.83.